The number of hydrogen-bond acceptors (Lipinski definition) is 3. The highest BCUT2D eigenvalue weighted by molar-refractivity contribution is 9.10. The highest BCUT2D eigenvalue weighted by Crippen LogP contribution is 2.30. The standard InChI is InChI=1S/C13H19BrN2O/c1-13(17)5-2-6-16(9-13)12-7-11(14)4-3-10(12)8-15/h3-4,7,17H,2,5-6,8-9,15H2,1H3. The van der Waals surface area contributed by atoms with Crippen LogP contribution < -0.4 is 10.6 Å². The maximum Gasteiger partial charge on any atom is 0.0794 e. The van der Waals surface area contributed by atoms with Crippen LogP contribution in [0, 0.1) is 0 Å². The summed E-state index contributed by atoms with van der Waals surface area (Å²) >= 11 is 3.49. The summed E-state index contributed by atoms with van der Waals surface area (Å²) in [5.74, 6) is 0. The van der Waals surface area contributed by atoms with Crippen LogP contribution in [0.2, 0.25) is 0 Å². The number of aliphatic hydroxyl groups is 1. The van der Waals surface area contributed by atoms with Gasteiger partial charge in [-0.05, 0) is 37.5 Å². The summed E-state index contributed by atoms with van der Waals surface area (Å²) in [5, 5.41) is 10.2. The number of nitrogens with zero attached hydrogens (tertiary/aromatic N) is 1. The Hall–Kier alpha value is -0.580. The zero-order chi connectivity index (χ0) is 12.5. The number of rotatable bonds is 2. The van der Waals surface area contributed by atoms with Gasteiger partial charge in [-0.2, -0.15) is 0 Å². The molecule has 1 aliphatic heterocycles. The summed E-state index contributed by atoms with van der Waals surface area (Å²) in [5.41, 5.74) is 7.45. The van der Waals surface area contributed by atoms with Gasteiger partial charge in [-0.1, -0.05) is 22.0 Å². The van der Waals surface area contributed by atoms with Gasteiger partial charge in [-0.15, -0.1) is 0 Å². The van der Waals surface area contributed by atoms with E-state index in [4.69, 9.17) is 5.73 Å². The maximum atomic E-state index is 10.2. The molecule has 3 N–H and O–H groups in total. The van der Waals surface area contributed by atoms with Crippen molar-refractivity contribution in [3.05, 3.63) is 28.2 Å². The van der Waals surface area contributed by atoms with E-state index in [2.05, 4.69) is 26.9 Å². The van der Waals surface area contributed by atoms with Gasteiger partial charge >= 0.3 is 0 Å². The molecule has 1 aromatic carbocycles. The maximum absolute atomic E-state index is 10.2. The molecule has 3 nitrogen and oxygen atoms in total. The Morgan fingerprint density at radius 2 is 2.29 bits per heavy atom. The van der Waals surface area contributed by atoms with Crippen molar-refractivity contribution in [2.24, 2.45) is 5.73 Å². The first-order chi connectivity index (χ1) is 8.02. The molecule has 1 atom stereocenters. The molecule has 0 spiro atoms. The van der Waals surface area contributed by atoms with Crippen LogP contribution in [-0.2, 0) is 6.54 Å². The zero-order valence-corrected chi connectivity index (χ0v) is 11.7. The van der Waals surface area contributed by atoms with Crippen LogP contribution >= 0.6 is 15.9 Å². The summed E-state index contributed by atoms with van der Waals surface area (Å²) in [7, 11) is 0. The van der Waals surface area contributed by atoms with Crippen LogP contribution in [0.15, 0.2) is 22.7 Å². The number of benzene rings is 1. The number of anilines is 1. The van der Waals surface area contributed by atoms with Crippen LogP contribution in [0.4, 0.5) is 5.69 Å². The second kappa shape index (κ2) is 4.96. The fourth-order valence-corrected chi connectivity index (χ4v) is 2.78. The second-order valence-corrected chi connectivity index (χ2v) is 5.91. The van der Waals surface area contributed by atoms with E-state index in [-0.39, 0.29) is 0 Å². The third-order valence-electron chi connectivity index (χ3n) is 3.28. The smallest absolute Gasteiger partial charge is 0.0794 e. The molecule has 1 aliphatic rings. The first-order valence-corrected chi connectivity index (χ1v) is 6.77. The number of hydrogen-bond donors (Lipinski definition) is 2. The number of nitrogens with two attached hydrogens (primary N) is 1. The number of β-amino-alcohol motifs (C(OH)–C–C–N with tert-alkyl or cyclic N) is 1. The van der Waals surface area contributed by atoms with Crippen LogP contribution in [0.5, 0.6) is 0 Å². The Labute approximate surface area is 111 Å². The van der Waals surface area contributed by atoms with Crippen LogP contribution in [0.1, 0.15) is 25.3 Å². The van der Waals surface area contributed by atoms with Gasteiger partial charge in [-0.3, -0.25) is 0 Å². The molecule has 0 aromatic heterocycles. The molecule has 1 unspecified atom stereocenters. The van der Waals surface area contributed by atoms with Crippen molar-refractivity contribution < 1.29 is 5.11 Å². The predicted octanol–water partition coefficient (Wildman–Crippen LogP) is 2.26. The van der Waals surface area contributed by atoms with E-state index in [9.17, 15) is 5.11 Å². The molecule has 17 heavy (non-hydrogen) atoms. The number of piperidine rings is 1. The minimum absolute atomic E-state index is 0.529. The minimum atomic E-state index is -0.591. The largest absolute Gasteiger partial charge is 0.388 e. The average Bonchev–Trinajstić information content (AvgIpc) is 2.27. The normalized spacial score (nSPS) is 25.1. The van der Waals surface area contributed by atoms with Crippen molar-refractivity contribution in [2.45, 2.75) is 31.9 Å². The van der Waals surface area contributed by atoms with Gasteiger partial charge in [0, 0.05) is 29.8 Å². The molecular formula is C13H19BrN2O. The third-order valence-corrected chi connectivity index (χ3v) is 3.78. The second-order valence-electron chi connectivity index (χ2n) is 5.00. The molecule has 1 heterocycles. The quantitative estimate of drug-likeness (QED) is 0.880. The molecule has 1 aromatic rings. The van der Waals surface area contributed by atoms with E-state index in [1.54, 1.807) is 0 Å². The summed E-state index contributed by atoms with van der Waals surface area (Å²) in [6.45, 7) is 4.09. The van der Waals surface area contributed by atoms with Crippen molar-refractivity contribution in [3.8, 4) is 0 Å². The van der Waals surface area contributed by atoms with Gasteiger partial charge in [0.15, 0.2) is 0 Å². The van der Waals surface area contributed by atoms with Gasteiger partial charge in [0.1, 0.15) is 0 Å². The Kier molecular flexibility index (Phi) is 3.76. The van der Waals surface area contributed by atoms with Crippen molar-refractivity contribution in [1.29, 1.82) is 0 Å². The summed E-state index contributed by atoms with van der Waals surface area (Å²) in [6, 6.07) is 6.14. The van der Waals surface area contributed by atoms with Crippen molar-refractivity contribution in [3.63, 3.8) is 0 Å². The average molecular weight is 299 g/mol. The lowest BCUT2D eigenvalue weighted by Crippen LogP contribution is -2.46. The predicted molar refractivity (Wildman–Crippen MR) is 74.1 cm³/mol. The van der Waals surface area contributed by atoms with E-state index in [0.717, 1.165) is 35.1 Å². The molecule has 2 rings (SSSR count). The number of halogens is 1. The molecule has 4 heteroatoms. The monoisotopic (exact) mass is 298 g/mol. The Morgan fingerprint density at radius 1 is 1.53 bits per heavy atom. The van der Waals surface area contributed by atoms with E-state index in [0.29, 0.717) is 13.1 Å². The first-order valence-electron chi connectivity index (χ1n) is 5.98. The van der Waals surface area contributed by atoms with E-state index in [1.165, 1.54) is 0 Å². The fourth-order valence-electron chi connectivity index (χ4n) is 2.43. The van der Waals surface area contributed by atoms with Gasteiger partial charge < -0.3 is 15.7 Å². The Morgan fingerprint density at radius 3 is 2.94 bits per heavy atom. The lowest BCUT2D eigenvalue weighted by atomic mass is 9.94. The highest BCUT2D eigenvalue weighted by Gasteiger charge is 2.29. The van der Waals surface area contributed by atoms with Crippen LogP contribution in [0.25, 0.3) is 0 Å². The lowest BCUT2D eigenvalue weighted by molar-refractivity contribution is 0.0449. The van der Waals surface area contributed by atoms with E-state index in [1.807, 2.05) is 19.1 Å². The topological polar surface area (TPSA) is 49.5 Å². The SMILES string of the molecule is CC1(O)CCCN(c2cc(Br)ccc2CN)C1. The Balaban J connectivity index is 2.29. The molecule has 0 aliphatic carbocycles. The molecule has 94 valence electrons. The van der Waals surface area contributed by atoms with Gasteiger partial charge in [0.2, 0.25) is 0 Å². The van der Waals surface area contributed by atoms with Crippen molar-refractivity contribution >= 4 is 21.6 Å². The van der Waals surface area contributed by atoms with E-state index < -0.39 is 5.60 Å². The van der Waals surface area contributed by atoms with Crippen molar-refractivity contribution in [1.82, 2.24) is 0 Å². The van der Waals surface area contributed by atoms with Crippen molar-refractivity contribution in [2.75, 3.05) is 18.0 Å². The summed E-state index contributed by atoms with van der Waals surface area (Å²) < 4.78 is 1.05. The molecule has 0 radical (unpaired) electrons. The highest BCUT2D eigenvalue weighted by atomic mass is 79.9. The fraction of sp³-hybridized carbons (Fsp3) is 0.538. The molecule has 1 saturated heterocycles. The molecular weight excluding hydrogens is 280 g/mol. The minimum Gasteiger partial charge on any atom is -0.388 e. The molecule has 0 saturated carbocycles. The third kappa shape index (κ3) is 3.00. The van der Waals surface area contributed by atoms with E-state index >= 15 is 0 Å². The lowest BCUT2D eigenvalue weighted by Gasteiger charge is -2.39. The molecule has 0 bridgehead atoms. The summed E-state index contributed by atoms with van der Waals surface area (Å²) in [6.07, 6.45) is 1.89. The zero-order valence-electron chi connectivity index (χ0n) is 10.1. The Bertz CT molecular complexity index is 406. The molecule has 0 amide bonds. The van der Waals surface area contributed by atoms with Crippen LogP contribution in [0.3, 0.4) is 0 Å². The van der Waals surface area contributed by atoms with Gasteiger partial charge in [0.25, 0.3) is 0 Å². The molecule has 1 fully saturated rings. The first kappa shape index (κ1) is 12.9. The van der Waals surface area contributed by atoms with Crippen LogP contribution in [-0.4, -0.2) is 23.8 Å². The van der Waals surface area contributed by atoms with Gasteiger partial charge in [0.05, 0.1) is 5.60 Å². The summed E-state index contributed by atoms with van der Waals surface area (Å²) in [4.78, 5) is 2.23. The van der Waals surface area contributed by atoms with Gasteiger partial charge in [-0.25, -0.2) is 0 Å².